The highest BCUT2D eigenvalue weighted by Crippen LogP contribution is 2.44. The molecule has 6 N–H and O–H groups in total. The summed E-state index contributed by atoms with van der Waals surface area (Å²) in [4.78, 5) is 14.6. The van der Waals surface area contributed by atoms with Crippen molar-refractivity contribution in [3.8, 4) is 5.75 Å². The van der Waals surface area contributed by atoms with Gasteiger partial charge in [-0.25, -0.2) is 12.8 Å². The molecule has 22 heteroatoms. The molecule has 18 atom stereocenters. The van der Waals surface area contributed by atoms with Crippen LogP contribution in [-0.4, -0.2) is 163 Å². The first-order valence-electron chi connectivity index (χ1n) is 26.0. The van der Waals surface area contributed by atoms with Gasteiger partial charge in [-0.2, -0.15) is 17.5 Å². The Kier molecular flexibility index (Phi) is 20.8. The highest BCUT2D eigenvalue weighted by Gasteiger charge is 2.59. The van der Waals surface area contributed by atoms with Gasteiger partial charge in [-0.05, 0) is 123 Å². The molecule has 3 heterocycles. The van der Waals surface area contributed by atoms with E-state index in [1.807, 2.05) is 13.8 Å². The molecule has 0 amide bonds. The summed E-state index contributed by atoms with van der Waals surface area (Å²) in [7, 11) is -1.62. The summed E-state index contributed by atoms with van der Waals surface area (Å²) in [6, 6.07) is 7.46. The van der Waals surface area contributed by atoms with Gasteiger partial charge in [0.05, 0.1) is 52.4 Å². The summed E-state index contributed by atoms with van der Waals surface area (Å²) >= 11 is 0. The number of methoxy groups -OCH3 is 1. The van der Waals surface area contributed by atoms with Crippen molar-refractivity contribution in [3.63, 3.8) is 0 Å². The van der Waals surface area contributed by atoms with E-state index in [0.717, 1.165) is 16.8 Å². The van der Waals surface area contributed by atoms with Crippen LogP contribution in [0.25, 0.3) is 0 Å². The molecule has 0 bridgehead atoms. The lowest BCUT2D eigenvalue weighted by atomic mass is 9.75. The minimum atomic E-state index is -5.14. The third kappa shape index (κ3) is 14.0. The number of hydrogen-bond donors (Lipinski definition) is 6. The van der Waals surface area contributed by atoms with Gasteiger partial charge in [0.25, 0.3) is 0 Å². The van der Waals surface area contributed by atoms with E-state index in [-0.39, 0.29) is 43.7 Å². The number of halogens is 4. The van der Waals surface area contributed by atoms with Crippen LogP contribution in [0.4, 0.5) is 17.6 Å². The van der Waals surface area contributed by atoms with Crippen LogP contribution in [0.3, 0.4) is 0 Å². The molecule has 75 heavy (non-hydrogen) atoms. The largest absolute Gasteiger partial charge is 0.483 e. The van der Waals surface area contributed by atoms with Crippen LogP contribution in [0.5, 0.6) is 5.75 Å². The molecule has 0 aromatic heterocycles. The summed E-state index contributed by atoms with van der Waals surface area (Å²) in [6.45, 7) is 19.1. The average molecular weight is 1090 g/mol. The topological polar surface area (TPSA) is 224 Å². The minimum absolute atomic E-state index is 0.0553. The molecule has 0 spiro atoms. The van der Waals surface area contributed by atoms with Crippen LogP contribution in [0.2, 0.25) is 0 Å². The Hall–Kier alpha value is -3.10. The quantitative estimate of drug-likeness (QED) is 0.0691. The second-order valence-electron chi connectivity index (χ2n) is 21.8. The van der Waals surface area contributed by atoms with Crippen LogP contribution >= 0.6 is 0 Å². The summed E-state index contributed by atoms with van der Waals surface area (Å²) < 4.78 is 132. The zero-order chi connectivity index (χ0) is 56.2. The molecular weight excluding hydrogens is 1010 g/mol. The van der Waals surface area contributed by atoms with E-state index in [2.05, 4.69) is 10.6 Å². The van der Waals surface area contributed by atoms with Gasteiger partial charge in [-0.3, -0.25) is 4.79 Å². The molecule has 17 nitrogen and oxygen atoms in total. The molecule has 3 saturated heterocycles. The van der Waals surface area contributed by atoms with Gasteiger partial charge in [0.2, 0.25) is 10.0 Å². The number of rotatable bonds is 15. The van der Waals surface area contributed by atoms with Crippen molar-refractivity contribution in [2.75, 3.05) is 33.8 Å². The lowest BCUT2D eigenvalue weighted by Crippen LogP contribution is -2.70. The van der Waals surface area contributed by atoms with Crippen molar-refractivity contribution in [1.82, 2.24) is 14.9 Å². The maximum atomic E-state index is 14.8. The number of cyclic esters (lactones) is 1. The van der Waals surface area contributed by atoms with Crippen molar-refractivity contribution < 1.29 is 84.4 Å². The normalized spacial score (nSPS) is 39.1. The highest BCUT2D eigenvalue weighted by molar-refractivity contribution is 7.89. The molecule has 2 aromatic rings. The van der Waals surface area contributed by atoms with E-state index in [1.165, 1.54) is 59.2 Å². The number of carbonyl (C=O) groups is 1. The van der Waals surface area contributed by atoms with Crippen LogP contribution < -0.4 is 15.4 Å². The number of sulfonamides is 1. The van der Waals surface area contributed by atoms with E-state index < -0.39 is 147 Å². The van der Waals surface area contributed by atoms with Crippen molar-refractivity contribution in [2.24, 2.45) is 17.8 Å². The summed E-state index contributed by atoms with van der Waals surface area (Å²) in [5.74, 6) is -5.77. The Morgan fingerprint density at radius 1 is 0.933 bits per heavy atom. The number of nitrogens with zero attached hydrogens (tertiary/aromatic N) is 1. The number of aliphatic hydroxyl groups is 4. The van der Waals surface area contributed by atoms with Crippen molar-refractivity contribution >= 4 is 16.0 Å². The van der Waals surface area contributed by atoms with Gasteiger partial charge in [0, 0.05) is 39.1 Å². The number of likely N-dealkylation sites (N-methyl/N-ethyl adjacent to an activating group) is 1. The maximum Gasteiger partial charge on any atom is 0.419 e. The zero-order valence-corrected chi connectivity index (χ0v) is 46.4. The molecule has 2 aromatic carbocycles. The summed E-state index contributed by atoms with van der Waals surface area (Å²) in [6.07, 6.45) is -16.3. The lowest BCUT2D eigenvalue weighted by molar-refractivity contribution is -0.335. The first-order chi connectivity index (χ1) is 34.8. The van der Waals surface area contributed by atoms with Gasteiger partial charge in [0.1, 0.15) is 40.6 Å². The molecule has 0 saturated carbocycles. The SMILES string of the molecule is CCCNC[C@]1(O)[C@H](C)O[C@@H](O[C@H]2[C@H](C)[C@@H](O[C@@H]3O[C@H](C)C[C@H](N(C)S(=O)(=O)c4ccccc4)[C@H]3Oc3ccc(F)c(C(F)(F)F)c3)[C@](C)(O)C[C@@H](C)CN[C@H](C)[C@@H](O)[C@](C)(O)[C@@H](CC)OC(=O)[C@@H]2C)C[C@@]1(C)OC. The fourth-order valence-electron chi connectivity index (χ4n) is 11.1. The van der Waals surface area contributed by atoms with Crippen molar-refractivity contribution in [3.05, 3.63) is 59.9 Å². The summed E-state index contributed by atoms with van der Waals surface area (Å²) in [5.41, 5.74) is -8.44. The summed E-state index contributed by atoms with van der Waals surface area (Å²) in [5, 5.41) is 55.2. The van der Waals surface area contributed by atoms with E-state index in [9.17, 15) is 51.2 Å². The van der Waals surface area contributed by atoms with Gasteiger partial charge in [-0.15, -0.1) is 0 Å². The standard InChI is InChI=1S/C53H83F4N3O14S/c1-14-23-58-29-52(65)35(8)70-42(27-50(52,10)68-13)73-43-32(5)46(49(9,63)26-30(3)28-59-34(7)45(61)51(11,64)41(15-2)72-47(62)33(43)6)74-48-44(71-36-21-22-39(54)38(25-36)53(55,56)57)40(24-31(4)69-48)60(12)75(66,67)37-19-17-16-18-20-37/h16-22,25,30-35,40-46,48,58-59,61,63-65H,14-15,23-24,26-29H2,1-13H3/t30-,31-,32+,33-,34-,35+,40+,41-,42+,43+,44-,45-,46-,48+,49-,50-,51-,52+/m1/s1. The van der Waals surface area contributed by atoms with Gasteiger partial charge < -0.3 is 64.2 Å². The predicted molar refractivity (Wildman–Crippen MR) is 269 cm³/mol. The first-order valence-corrected chi connectivity index (χ1v) is 27.5. The van der Waals surface area contributed by atoms with Crippen LogP contribution in [0, 0.1) is 23.6 Å². The average Bonchev–Trinajstić information content (AvgIpc) is 3.34. The Morgan fingerprint density at radius 3 is 2.19 bits per heavy atom. The maximum absolute atomic E-state index is 14.8. The zero-order valence-electron chi connectivity index (χ0n) is 45.6. The predicted octanol–water partition coefficient (Wildman–Crippen LogP) is 5.93. The van der Waals surface area contributed by atoms with E-state index in [0.29, 0.717) is 18.7 Å². The monoisotopic (exact) mass is 1090 g/mol. The van der Waals surface area contributed by atoms with Crippen molar-refractivity contribution in [1.29, 1.82) is 0 Å². The van der Waals surface area contributed by atoms with Gasteiger partial charge in [0.15, 0.2) is 18.7 Å². The number of hydrogen-bond acceptors (Lipinski definition) is 16. The number of esters is 1. The van der Waals surface area contributed by atoms with E-state index in [4.69, 9.17) is 33.2 Å². The molecule has 0 radical (unpaired) electrons. The molecule has 3 aliphatic heterocycles. The Bertz CT molecular complexity index is 2290. The molecule has 428 valence electrons. The number of aliphatic hydroxyl groups excluding tert-OH is 1. The van der Waals surface area contributed by atoms with Gasteiger partial charge >= 0.3 is 12.1 Å². The van der Waals surface area contributed by atoms with Crippen LogP contribution in [-0.2, 0) is 49.4 Å². The molecule has 3 aliphatic rings. The number of ether oxygens (including phenoxy) is 7. The fraction of sp³-hybridized carbons (Fsp3) is 0.755. The number of carbonyl (C=O) groups excluding carboxylic acids is 1. The highest BCUT2D eigenvalue weighted by atomic mass is 32.2. The third-order valence-electron chi connectivity index (χ3n) is 15.7. The van der Waals surface area contributed by atoms with Crippen LogP contribution in [0.1, 0.15) is 114 Å². The number of alkyl halides is 3. The molecule has 0 aliphatic carbocycles. The second kappa shape index (κ2) is 24.9. The lowest BCUT2D eigenvalue weighted by Gasteiger charge is -2.53. The van der Waals surface area contributed by atoms with Crippen molar-refractivity contribution in [2.45, 2.75) is 209 Å². The van der Waals surface area contributed by atoms with E-state index >= 15 is 0 Å². The third-order valence-corrected chi connectivity index (χ3v) is 17.6. The second-order valence-corrected chi connectivity index (χ2v) is 23.8. The Labute approximate surface area is 440 Å². The van der Waals surface area contributed by atoms with Gasteiger partial charge in [-0.1, -0.05) is 45.9 Å². The van der Waals surface area contributed by atoms with E-state index in [1.54, 1.807) is 47.6 Å². The smallest absolute Gasteiger partial charge is 0.419 e. The molecule has 0 unspecified atom stereocenters. The first kappa shape index (κ1) is 62.7. The fourth-order valence-corrected chi connectivity index (χ4v) is 12.5. The van der Waals surface area contributed by atoms with Crippen LogP contribution in [0.15, 0.2) is 53.4 Å². The Balaban J connectivity index is 1.70. The number of nitrogens with one attached hydrogen (secondary N) is 2. The molecule has 3 fully saturated rings. The number of benzene rings is 2. The Morgan fingerprint density at radius 2 is 1.59 bits per heavy atom. The molecule has 5 rings (SSSR count). The molecular formula is C53H83F4N3O14S. The minimum Gasteiger partial charge on any atom is -0.483 e.